The average molecular weight is 273 g/mol. The van der Waals surface area contributed by atoms with Crippen molar-refractivity contribution in [2.45, 2.75) is 38.7 Å². The number of hydrogen-bond donors (Lipinski definition) is 1. The van der Waals surface area contributed by atoms with Crippen LogP contribution in [0.5, 0.6) is 0 Å². The molecule has 0 aliphatic carbocycles. The third kappa shape index (κ3) is 3.94. The molecule has 1 fully saturated rings. The minimum Gasteiger partial charge on any atom is -0.390 e. The first-order chi connectivity index (χ1) is 9.50. The van der Waals surface area contributed by atoms with Crippen LogP contribution in [0.15, 0.2) is 30.3 Å². The molecule has 0 aromatic heterocycles. The van der Waals surface area contributed by atoms with Crippen LogP contribution in [0.4, 0.5) is 0 Å². The zero-order valence-electron chi connectivity index (χ0n) is 12.3. The second-order valence-corrected chi connectivity index (χ2v) is 5.75. The van der Waals surface area contributed by atoms with Gasteiger partial charge in [0.1, 0.15) is 0 Å². The van der Waals surface area contributed by atoms with Gasteiger partial charge in [0, 0.05) is 19.2 Å². The predicted octanol–water partition coefficient (Wildman–Crippen LogP) is 2.64. The lowest BCUT2D eigenvalue weighted by molar-refractivity contribution is -0.129. The van der Waals surface area contributed by atoms with Gasteiger partial charge in [0.05, 0.1) is 5.60 Å². The van der Waals surface area contributed by atoms with Gasteiger partial charge in [-0.05, 0) is 43.4 Å². The highest BCUT2D eigenvalue weighted by Gasteiger charge is 2.28. The van der Waals surface area contributed by atoms with Crippen molar-refractivity contribution in [3.05, 3.63) is 41.5 Å². The summed E-state index contributed by atoms with van der Waals surface area (Å²) in [4.78, 5) is 13.9. The molecule has 3 heteroatoms. The standard InChI is InChI=1S/C17H23NO2/c1-3-14-4-6-15(7-5-14)8-9-16(19)18-12-10-17(2,20)11-13-18/h4-9,20H,3,10-13H2,1-2H3/b9-8+. The quantitative estimate of drug-likeness (QED) is 0.860. The van der Waals surface area contributed by atoms with Gasteiger partial charge in [-0.1, -0.05) is 31.2 Å². The summed E-state index contributed by atoms with van der Waals surface area (Å²) in [7, 11) is 0. The first-order valence-electron chi connectivity index (χ1n) is 7.28. The summed E-state index contributed by atoms with van der Waals surface area (Å²) in [6.45, 7) is 5.22. The Balaban J connectivity index is 1.92. The van der Waals surface area contributed by atoms with Crippen molar-refractivity contribution in [1.29, 1.82) is 0 Å². The van der Waals surface area contributed by atoms with Crippen LogP contribution >= 0.6 is 0 Å². The van der Waals surface area contributed by atoms with Gasteiger partial charge in [0.2, 0.25) is 5.91 Å². The van der Waals surface area contributed by atoms with E-state index in [0.29, 0.717) is 25.9 Å². The van der Waals surface area contributed by atoms with E-state index in [0.717, 1.165) is 12.0 Å². The first kappa shape index (κ1) is 14.8. The molecule has 1 aliphatic heterocycles. The van der Waals surface area contributed by atoms with E-state index < -0.39 is 5.60 Å². The minimum atomic E-state index is -0.615. The number of carbonyl (C=O) groups is 1. The highest BCUT2D eigenvalue weighted by atomic mass is 16.3. The van der Waals surface area contributed by atoms with E-state index in [1.165, 1.54) is 5.56 Å². The van der Waals surface area contributed by atoms with Gasteiger partial charge >= 0.3 is 0 Å². The lowest BCUT2D eigenvalue weighted by atomic mass is 9.94. The summed E-state index contributed by atoms with van der Waals surface area (Å²) in [5.74, 6) is 0.0278. The number of rotatable bonds is 3. The summed E-state index contributed by atoms with van der Waals surface area (Å²) in [5.41, 5.74) is 1.72. The first-order valence-corrected chi connectivity index (χ1v) is 7.28. The molecule has 1 aliphatic rings. The normalized spacial score (nSPS) is 18.4. The minimum absolute atomic E-state index is 0.0278. The fourth-order valence-electron chi connectivity index (χ4n) is 2.35. The smallest absolute Gasteiger partial charge is 0.246 e. The van der Waals surface area contributed by atoms with Gasteiger partial charge in [0.25, 0.3) is 0 Å². The van der Waals surface area contributed by atoms with Gasteiger partial charge < -0.3 is 10.0 Å². The lowest BCUT2D eigenvalue weighted by Gasteiger charge is -2.35. The Morgan fingerprint density at radius 2 is 1.90 bits per heavy atom. The molecular weight excluding hydrogens is 250 g/mol. The topological polar surface area (TPSA) is 40.5 Å². The highest BCUT2D eigenvalue weighted by Crippen LogP contribution is 2.21. The fraction of sp³-hybridized carbons (Fsp3) is 0.471. The molecular formula is C17H23NO2. The summed E-state index contributed by atoms with van der Waals surface area (Å²) in [6, 6.07) is 8.23. The lowest BCUT2D eigenvalue weighted by Crippen LogP contribution is -2.44. The van der Waals surface area contributed by atoms with E-state index in [-0.39, 0.29) is 5.91 Å². The van der Waals surface area contributed by atoms with Crippen molar-refractivity contribution in [1.82, 2.24) is 4.90 Å². The van der Waals surface area contributed by atoms with Crippen LogP contribution in [-0.2, 0) is 11.2 Å². The van der Waals surface area contributed by atoms with Gasteiger partial charge in [-0.25, -0.2) is 0 Å². The maximum atomic E-state index is 12.1. The molecule has 0 saturated carbocycles. The summed E-state index contributed by atoms with van der Waals surface area (Å²) in [5, 5.41) is 9.88. The molecule has 1 heterocycles. The molecule has 0 unspecified atom stereocenters. The zero-order valence-corrected chi connectivity index (χ0v) is 12.3. The van der Waals surface area contributed by atoms with Crippen LogP contribution in [0, 0.1) is 0 Å². The molecule has 1 saturated heterocycles. The Labute approximate surface area is 120 Å². The number of aliphatic hydroxyl groups is 1. The van der Waals surface area contributed by atoms with Crippen molar-refractivity contribution in [3.63, 3.8) is 0 Å². The molecule has 3 nitrogen and oxygen atoms in total. The molecule has 108 valence electrons. The van der Waals surface area contributed by atoms with Crippen molar-refractivity contribution < 1.29 is 9.90 Å². The van der Waals surface area contributed by atoms with Crippen molar-refractivity contribution in [2.75, 3.05) is 13.1 Å². The maximum Gasteiger partial charge on any atom is 0.246 e. The van der Waals surface area contributed by atoms with E-state index in [1.807, 2.05) is 25.1 Å². The maximum absolute atomic E-state index is 12.1. The second kappa shape index (κ2) is 6.23. The third-order valence-electron chi connectivity index (χ3n) is 3.96. The van der Waals surface area contributed by atoms with Crippen LogP contribution in [0.25, 0.3) is 6.08 Å². The van der Waals surface area contributed by atoms with Crippen molar-refractivity contribution >= 4 is 12.0 Å². The summed E-state index contributed by atoms with van der Waals surface area (Å²) in [6.07, 6.45) is 5.81. The molecule has 0 radical (unpaired) electrons. The molecule has 0 spiro atoms. The third-order valence-corrected chi connectivity index (χ3v) is 3.96. The van der Waals surface area contributed by atoms with E-state index in [4.69, 9.17) is 0 Å². The Bertz CT molecular complexity index is 478. The monoisotopic (exact) mass is 273 g/mol. The zero-order chi connectivity index (χ0) is 14.6. The molecule has 1 aromatic rings. The Morgan fingerprint density at radius 1 is 1.30 bits per heavy atom. The Kier molecular flexibility index (Phi) is 4.61. The number of carbonyl (C=O) groups excluding carboxylic acids is 1. The average Bonchev–Trinajstić information content (AvgIpc) is 2.45. The highest BCUT2D eigenvalue weighted by molar-refractivity contribution is 5.91. The molecule has 1 aromatic carbocycles. The van der Waals surface area contributed by atoms with Crippen molar-refractivity contribution in [2.24, 2.45) is 0 Å². The molecule has 1 amide bonds. The molecule has 2 rings (SSSR count). The molecule has 20 heavy (non-hydrogen) atoms. The van der Waals surface area contributed by atoms with E-state index in [9.17, 15) is 9.90 Å². The Morgan fingerprint density at radius 3 is 2.45 bits per heavy atom. The van der Waals surface area contributed by atoms with Gasteiger partial charge in [-0.3, -0.25) is 4.79 Å². The van der Waals surface area contributed by atoms with Crippen LogP contribution < -0.4 is 0 Å². The second-order valence-electron chi connectivity index (χ2n) is 5.75. The van der Waals surface area contributed by atoms with Crippen LogP contribution in [0.1, 0.15) is 37.8 Å². The van der Waals surface area contributed by atoms with E-state index >= 15 is 0 Å². The van der Waals surface area contributed by atoms with Gasteiger partial charge in [-0.2, -0.15) is 0 Å². The van der Waals surface area contributed by atoms with Crippen LogP contribution in [0.2, 0.25) is 0 Å². The molecule has 0 bridgehead atoms. The number of likely N-dealkylation sites (tertiary alicyclic amines) is 1. The number of aryl methyl sites for hydroxylation is 1. The van der Waals surface area contributed by atoms with Crippen molar-refractivity contribution in [3.8, 4) is 0 Å². The largest absolute Gasteiger partial charge is 0.390 e. The number of piperidine rings is 1. The predicted molar refractivity (Wildman–Crippen MR) is 81.3 cm³/mol. The number of hydrogen-bond acceptors (Lipinski definition) is 2. The number of nitrogens with zero attached hydrogens (tertiary/aromatic N) is 1. The van der Waals surface area contributed by atoms with E-state index in [1.54, 1.807) is 11.0 Å². The molecule has 1 N–H and O–H groups in total. The number of benzene rings is 1. The van der Waals surface area contributed by atoms with Crippen LogP contribution in [-0.4, -0.2) is 34.6 Å². The molecule has 0 atom stereocenters. The van der Waals surface area contributed by atoms with Gasteiger partial charge in [0.15, 0.2) is 0 Å². The van der Waals surface area contributed by atoms with Gasteiger partial charge in [-0.15, -0.1) is 0 Å². The summed E-state index contributed by atoms with van der Waals surface area (Å²) >= 11 is 0. The van der Waals surface area contributed by atoms with Crippen LogP contribution in [0.3, 0.4) is 0 Å². The Hall–Kier alpha value is -1.61. The SMILES string of the molecule is CCc1ccc(/C=C/C(=O)N2CCC(C)(O)CC2)cc1. The summed E-state index contributed by atoms with van der Waals surface area (Å²) < 4.78 is 0. The fourth-order valence-corrected chi connectivity index (χ4v) is 2.35. The number of amides is 1. The van der Waals surface area contributed by atoms with E-state index in [2.05, 4.69) is 19.1 Å².